The highest BCUT2D eigenvalue weighted by atomic mass is 19.4. The molecule has 0 spiro atoms. The van der Waals surface area contributed by atoms with E-state index in [9.17, 15) is 22.4 Å². The third kappa shape index (κ3) is 6.32. The Bertz CT molecular complexity index is 1270. The Balaban J connectivity index is 1.46. The summed E-state index contributed by atoms with van der Waals surface area (Å²) in [5.74, 6) is -0.447. The molecule has 0 radical (unpaired) electrons. The number of aromatic nitrogens is 2. The third-order valence-corrected chi connectivity index (χ3v) is 5.41. The van der Waals surface area contributed by atoms with E-state index in [4.69, 9.17) is 4.52 Å². The van der Waals surface area contributed by atoms with Crippen LogP contribution in [0.5, 0.6) is 0 Å². The molecule has 35 heavy (non-hydrogen) atoms. The summed E-state index contributed by atoms with van der Waals surface area (Å²) in [6, 6.07) is 19.6. The first-order valence-electron chi connectivity index (χ1n) is 10.9. The predicted molar refractivity (Wildman–Crippen MR) is 121 cm³/mol. The van der Waals surface area contributed by atoms with E-state index in [1.54, 1.807) is 11.0 Å². The normalized spacial score (nSPS) is 11.4. The van der Waals surface area contributed by atoms with Crippen molar-refractivity contribution in [2.45, 2.75) is 19.0 Å². The summed E-state index contributed by atoms with van der Waals surface area (Å²) in [7, 11) is 0. The van der Waals surface area contributed by atoms with Crippen LogP contribution in [-0.4, -0.2) is 34.0 Å². The number of alkyl halides is 3. The second-order valence-electron chi connectivity index (χ2n) is 7.87. The molecular weight excluding hydrogens is 462 g/mol. The summed E-state index contributed by atoms with van der Waals surface area (Å²) in [5, 5.41) is 3.84. The molecule has 0 fully saturated rings. The molecule has 0 aliphatic carbocycles. The standard InChI is InChI=1S/C26H21F4N3O2/c27-22-8-4-7-20(17-22)25(34)33(15-13-18-5-2-1-3-6-18)16-14-23-31-24(32-35-23)19-9-11-21(12-10-19)26(28,29)30/h1-12,17H,13-16H2. The van der Waals surface area contributed by atoms with Crippen molar-refractivity contribution in [2.75, 3.05) is 13.1 Å². The largest absolute Gasteiger partial charge is 0.416 e. The number of carbonyl (C=O) groups is 1. The van der Waals surface area contributed by atoms with E-state index in [-0.39, 0.29) is 36.2 Å². The van der Waals surface area contributed by atoms with E-state index in [0.29, 0.717) is 18.5 Å². The molecule has 0 atom stereocenters. The van der Waals surface area contributed by atoms with Gasteiger partial charge in [-0.15, -0.1) is 0 Å². The number of benzene rings is 3. The van der Waals surface area contributed by atoms with Crippen LogP contribution in [0.15, 0.2) is 83.4 Å². The van der Waals surface area contributed by atoms with Crippen LogP contribution in [0.2, 0.25) is 0 Å². The summed E-state index contributed by atoms with van der Waals surface area (Å²) in [6.07, 6.45) is -3.61. The highest BCUT2D eigenvalue weighted by molar-refractivity contribution is 5.94. The lowest BCUT2D eigenvalue weighted by atomic mass is 10.1. The van der Waals surface area contributed by atoms with Gasteiger partial charge in [-0.25, -0.2) is 4.39 Å². The van der Waals surface area contributed by atoms with Crippen molar-refractivity contribution >= 4 is 5.91 Å². The number of hydrogen-bond donors (Lipinski definition) is 0. The third-order valence-electron chi connectivity index (χ3n) is 5.41. The molecule has 9 heteroatoms. The van der Waals surface area contributed by atoms with Crippen molar-refractivity contribution < 1.29 is 26.9 Å². The number of rotatable bonds is 8. The molecule has 0 saturated carbocycles. The fourth-order valence-corrected chi connectivity index (χ4v) is 3.54. The van der Waals surface area contributed by atoms with Gasteiger partial charge in [0, 0.05) is 30.6 Å². The van der Waals surface area contributed by atoms with Crippen molar-refractivity contribution in [3.05, 3.63) is 107 Å². The van der Waals surface area contributed by atoms with E-state index < -0.39 is 17.6 Å². The minimum absolute atomic E-state index is 0.154. The van der Waals surface area contributed by atoms with Gasteiger partial charge in [-0.3, -0.25) is 4.79 Å². The predicted octanol–water partition coefficient (Wildman–Crippen LogP) is 5.82. The first-order valence-corrected chi connectivity index (χ1v) is 10.9. The SMILES string of the molecule is O=C(c1cccc(F)c1)N(CCc1ccccc1)CCc1nc(-c2ccc(C(F)(F)F)cc2)no1. The molecule has 3 aromatic carbocycles. The zero-order chi connectivity index (χ0) is 24.8. The summed E-state index contributed by atoms with van der Waals surface area (Å²) in [6.45, 7) is 0.621. The molecule has 0 unspecified atom stereocenters. The second-order valence-corrected chi connectivity index (χ2v) is 7.87. The maximum Gasteiger partial charge on any atom is 0.416 e. The Kier molecular flexibility index (Phi) is 7.24. The summed E-state index contributed by atoms with van der Waals surface area (Å²) < 4.78 is 57.3. The highest BCUT2D eigenvalue weighted by Crippen LogP contribution is 2.30. The van der Waals surface area contributed by atoms with Gasteiger partial charge in [-0.05, 0) is 42.3 Å². The van der Waals surface area contributed by atoms with E-state index in [1.165, 1.54) is 30.3 Å². The van der Waals surface area contributed by atoms with Gasteiger partial charge in [0.15, 0.2) is 0 Å². The van der Waals surface area contributed by atoms with Gasteiger partial charge in [-0.2, -0.15) is 18.2 Å². The van der Waals surface area contributed by atoms with Gasteiger partial charge in [0.1, 0.15) is 5.82 Å². The van der Waals surface area contributed by atoms with E-state index in [1.807, 2.05) is 30.3 Å². The quantitative estimate of drug-likeness (QED) is 0.296. The molecule has 1 aromatic heterocycles. The molecule has 0 bridgehead atoms. The van der Waals surface area contributed by atoms with E-state index >= 15 is 0 Å². The Hall–Kier alpha value is -4.01. The lowest BCUT2D eigenvalue weighted by molar-refractivity contribution is -0.137. The van der Waals surface area contributed by atoms with Gasteiger partial charge in [-0.1, -0.05) is 53.7 Å². The Morgan fingerprint density at radius 3 is 2.29 bits per heavy atom. The van der Waals surface area contributed by atoms with Crippen LogP contribution in [0.3, 0.4) is 0 Å². The van der Waals surface area contributed by atoms with Gasteiger partial charge in [0.2, 0.25) is 11.7 Å². The van der Waals surface area contributed by atoms with Crippen LogP contribution in [0.25, 0.3) is 11.4 Å². The molecule has 1 heterocycles. The molecule has 4 rings (SSSR count). The number of nitrogens with zero attached hydrogens (tertiary/aromatic N) is 3. The molecule has 4 aromatic rings. The van der Waals surface area contributed by atoms with Crippen LogP contribution in [0.1, 0.15) is 27.4 Å². The molecule has 0 saturated heterocycles. The van der Waals surface area contributed by atoms with E-state index in [2.05, 4.69) is 10.1 Å². The summed E-state index contributed by atoms with van der Waals surface area (Å²) in [5.41, 5.74) is 0.889. The van der Waals surface area contributed by atoms with Crippen molar-refractivity contribution in [1.82, 2.24) is 15.0 Å². The van der Waals surface area contributed by atoms with Crippen LogP contribution in [-0.2, 0) is 19.0 Å². The fourth-order valence-electron chi connectivity index (χ4n) is 3.54. The van der Waals surface area contributed by atoms with Crippen LogP contribution in [0, 0.1) is 5.82 Å². The number of carbonyl (C=O) groups excluding carboxylic acids is 1. The van der Waals surface area contributed by atoms with Crippen molar-refractivity contribution in [1.29, 1.82) is 0 Å². The fraction of sp³-hybridized carbons (Fsp3) is 0.192. The average Bonchev–Trinajstić information content (AvgIpc) is 3.33. The zero-order valence-electron chi connectivity index (χ0n) is 18.5. The van der Waals surface area contributed by atoms with Gasteiger partial charge in [0.25, 0.3) is 5.91 Å². The minimum Gasteiger partial charge on any atom is -0.339 e. The topological polar surface area (TPSA) is 59.2 Å². The van der Waals surface area contributed by atoms with E-state index in [0.717, 1.165) is 17.7 Å². The highest BCUT2D eigenvalue weighted by Gasteiger charge is 2.30. The first kappa shape index (κ1) is 24.1. The monoisotopic (exact) mass is 483 g/mol. The lowest BCUT2D eigenvalue weighted by Crippen LogP contribution is -2.35. The Labute approximate surface area is 199 Å². The summed E-state index contributed by atoms with van der Waals surface area (Å²) in [4.78, 5) is 18.9. The Morgan fingerprint density at radius 1 is 0.886 bits per heavy atom. The van der Waals surface area contributed by atoms with Crippen molar-refractivity contribution in [3.63, 3.8) is 0 Å². The maximum atomic E-state index is 13.7. The minimum atomic E-state index is -4.43. The average molecular weight is 483 g/mol. The van der Waals surface area contributed by atoms with Gasteiger partial charge < -0.3 is 9.42 Å². The van der Waals surface area contributed by atoms with Crippen LogP contribution >= 0.6 is 0 Å². The van der Waals surface area contributed by atoms with Crippen molar-refractivity contribution in [2.24, 2.45) is 0 Å². The molecule has 1 amide bonds. The second kappa shape index (κ2) is 10.5. The molecule has 0 aliphatic heterocycles. The molecule has 0 N–H and O–H groups in total. The van der Waals surface area contributed by atoms with Crippen LogP contribution in [0.4, 0.5) is 17.6 Å². The number of hydrogen-bond acceptors (Lipinski definition) is 4. The smallest absolute Gasteiger partial charge is 0.339 e. The molecule has 5 nitrogen and oxygen atoms in total. The molecular formula is C26H21F4N3O2. The summed E-state index contributed by atoms with van der Waals surface area (Å²) >= 11 is 0. The number of amides is 1. The Morgan fingerprint density at radius 2 is 1.60 bits per heavy atom. The van der Waals surface area contributed by atoms with Crippen LogP contribution < -0.4 is 0 Å². The van der Waals surface area contributed by atoms with Gasteiger partial charge >= 0.3 is 6.18 Å². The van der Waals surface area contributed by atoms with Crippen molar-refractivity contribution in [3.8, 4) is 11.4 Å². The lowest BCUT2D eigenvalue weighted by Gasteiger charge is -2.22. The van der Waals surface area contributed by atoms with Gasteiger partial charge in [0.05, 0.1) is 5.56 Å². The first-order chi connectivity index (χ1) is 16.8. The molecule has 0 aliphatic rings. The maximum absolute atomic E-state index is 13.7. The zero-order valence-corrected chi connectivity index (χ0v) is 18.5. The molecule has 180 valence electrons. The number of halogens is 4.